The van der Waals surface area contributed by atoms with Crippen LogP contribution in [0, 0.1) is 0 Å². The fourth-order valence-electron chi connectivity index (χ4n) is 4.21. The summed E-state index contributed by atoms with van der Waals surface area (Å²) >= 11 is 0. The van der Waals surface area contributed by atoms with Crippen LogP contribution in [-0.2, 0) is 6.54 Å². The third kappa shape index (κ3) is 5.19. The maximum absolute atomic E-state index is 4.54. The minimum Gasteiger partial charge on any atom is -0.367 e. The van der Waals surface area contributed by atoms with E-state index in [-0.39, 0.29) is 0 Å². The SMILES string of the molecule is c1ccc(CN2CCN(c3cc(NC4CCCCCC4)ncn3)CC2)cc1. The summed E-state index contributed by atoms with van der Waals surface area (Å²) in [6.45, 7) is 5.22. The van der Waals surface area contributed by atoms with Crippen molar-refractivity contribution in [3.05, 3.63) is 48.3 Å². The summed E-state index contributed by atoms with van der Waals surface area (Å²) in [7, 11) is 0. The Kier molecular flexibility index (Phi) is 6.20. The van der Waals surface area contributed by atoms with E-state index in [1.165, 1.54) is 44.1 Å². The fourth-order valence-corrected chi connectivity index (χ4v) is 4.21. The first-order valence-electron chi connectivity index (χ1n) is 10.5. The van der Waals surface area contributed by atoms with Gasteiger partial charge in [-0.2, -0.15) is 0 Å². The molecule has 1 saturated carbocycles. The average Bonchev–Trinajstić information content (AvgIpc) is 2.98. The predicted octanol–water partition coefficient (Wildman–Crippen LogP) is 3.93. The third-order valence-electron chi connectivity index (χ3n) is 5.81. The van der Waals surface area contributed by atoms with Crippen molar-refractivity contribution in [2.75, 3.05) is 36.4 Å². The van der Waals surface area contributed by atoms with Crippen molar-refractivity contribution in [3.8, 4) is 0 Å². The largest absolute Gasteiger partial charge is 0.367 e. The average molecular weight is 366 g/mol. The summed E-state index contributed by atoms with van der Waals surface area (Å²) in [4.78, 5) is 13.9. The van der Waals surface area contributed by atoms with Crippen molar-refractivity contribution >= 4 is 11.6 Å². The summed E-state index contributed by atoms with van der Waals surface area (Å²) < 4.78 is 0. The second-order valence-electron chi connectivity index (χ2n) is 7.84. The molecule has 2 heterocycles. The van der Waals surface area contributed by atoms with Crippen molar-refractivity contribution in [1.29, 1.82) is 0 Å². The van der Waals surface area contributed by atoms with Crippen LogP contribution >= 0.6 is 0 Å². The van der Waals surface area contributed by atoms with Gasteiger partial charge in [0.05, 0.1) is 0 Å². The van der Waals surface area contributed by atoms with Crippen LogP contribution in [-0.4, -0.2) is 47.1 Å². The minimum absolute atomic E-state index is 0.568. The maximum Gasteiger partial charge on any atom is 0.134 e. The van der Waals surface area contributed by atoms with Crippen LogP contribution in [0.15, 0.2) is 42.7 Å². The van der Waals surface area contributed by atoms with E-state index in [1.807, 2.05) is 0 Å². The molecule has 5 heteroatoms. The molecule has 5 nitrogen and oxygen atoms in total. The number of nitrogens with zero attached hydrogens (tertiary/aromatic N) is 4. The van der Waals surface area contributed by atoms with Gasteiger partial charge >= 0.3 is 0 Å². The topological polar surface area (TPSA) is 44.3 Å². The minimum atomic E-state index is 0.568. The molecule has 1 saturated heterocycles. The number of rotatable bonds is 5. The van der Waals surface area contributed by atoms with Crippen LogP contribution in [0.25, 0.3) is 0 Å². The zero-order chi connectivity index (χ0) is 18.3. The molecular weight excluding hydrogens is 334 g/mol. The number of piperazine rings is 1. The highest BCUT2D eigenvalue weighted by molar-refractivity contribution is 5.49. The van der Waals surface area contributed by atoms with E-state index in [4.69, 9.17) is 0 Å². The van der Waals surface area contributed by atoms with Crippen LogP contribution in [0.5, 0.6) is 0 Å². The molecule has 2 aromatic rings. The molecule has 1 aliphatic heterocycles. The molecule has 0 unspecified atom stereocenters. The molecule has 1 aromatic carbocycles. The van der Waals surface area contributed by atoms with Crippen molar-refractivity contribution in [1.82, 2.24) is 14.9 Å². The Bertz CT molecular complexity index is 689. The first kappa shape index (κ1) is 18.2. The zero-order valence-corrected chi connectivity index (χ0v) is 16.2. The van der Waals surface area contributed by atoms with Crippen molar-refractivity contribution in [3.63, 3.8) is 0 Å². The molecule has 2 fully saturated rings. The van der Waals surface area contributed by atoms with Gasteiger partial charge in [-0.05, 0) is 18.4 Å². The van der Waals surface area contributed by atoms with Gasteiger partial charge in [0.1, 0.15) is 18.0 Å². The number of nitrogens with one attached hydrogen (secondary N) is 1. The van der Waals surface area contributed by atoms with Crippen molar-refractivity contribution < 1.29 is 0 Å². The lowest BCUT2D eigenvalue weighted by Crippen LogP contribution is -2.46. The highest BCUT2D eigenvalue weighted by Crippen LogP contribution is 2.22. The van der Waals surface area contributed by atoms with Gasteiger partial charge in [0, 0.05) is 44.8 Å². The Morgan fingerprint density at radius 1 is 0.889 bits per heavy atom. The Balaban J connectivity index is 1.31. The molecule has 1 N–H and O–H groups in total. The summed E-state index contributed by atoms with van der Waals surface area (Å²) in [6, 6.07) is 13.4. The van der Waals surface area contributed by atoms with Crippen LogP contribution < -0.4 is 10.2 Å². The van der Waals surface area contributed by atoms with Gasteiger partial charge < -0.3 is 10.2 Å². The molecular formula is C22H31N5. The molecule has 0 spiro atoms. The van der Waals surface area contributed by atoms with Crippen LogP contribution in [0.2, 0.25) is 0 Å². The molecule has 0 radical (unpaired) electrons. The monoisotopic (exact) mass is 365 g/mol. The number of benzene rings is 1. The lowest BCUT2D eigenvalue weighted by Gasteiger charge is -2.35. The normalized spacial score (nSPS) is 19.6. The Labute approximate surface area is 162 Å². The van der Waals surface area contributed by atoms with Gasteiger partial charge in [-0.3, -0.25) is 4.90 Å². The highest BCUT2D eigenvalue weighted by Gasteiger charge is 2.19. The van der Waals surface area contributed by atoms with E-state index < -0.39 is 0 Å². The first-order chi connectivity index (χ1) is 13.4. The molecule has 0 amide bonds. The summed E-state index contributed by atoms with van der Waals surface area (Å²) in [5.74, 6) is 2.04. The van der Waals surface area contributed by atoms with E-state index in [0.29, 0.717) is 6.04 Å². The molecule has 144 valence electrons. The lowest BCUT2D eigenvalue weighted by molar-refractivity contribution is 0.249. The second-order valence-corrected chi connectivity index (χ2v) is 7.84. The lowest BCUT2D eigenvalue weighted by atomic mass is 10.1. The standard InChI is InChI=1S/C22H31N5/c1-2-7-11-20(10-6-1)25-21-16-22(24-18-23-21)27-14-12-26(13-15-27)17-19-8-4-3-5-9-19/h3-5,8-9,16,18,20H,1-2,6-7,10-15,17H2,(H,23,24,25). The van der Waals surface area contributed by atoms with Gasteiger partial charge in [0.25, 0.3) is 0 Å². The highest BCUT2D eigenvalue weighted by atomic mass is 15.3. The Hall–Kier alpha value is -2.14. The van der Waals surface area contributed by atoms with E-state index in [1.54, 1.807) is 6.33 Å². The number of hydrogen-bond donors (Lipinski definition) is 1. The van der Waals surface area contributed by atoms with Crippen molar-refractivity contribution in [2.45, 2.75) is 51.1 Å². The van der Waals surface area contributed by atoms with Crippen LogP contribution in [0.1, 0.15) is 44.1 Å². The van der Waals surface area contributed by atoms with Gasteiger partial charge in [0.15, 0.2) is 0 Å². The summed E-state index contributed by atoms with van der Waals surface area (Å²) in [6.07, 6.45) is 9.65. The quantitative estimate of drug-likeness (QED) is 0.813. The fraction of sp³-hybridized carbons (Fsp3) is 0.545. The molecule has 4 rings (SSSR count). The molecule has 2 aliphatic rings. The third-order valence-corrected chi connectivity index (χ3v) is 5.81. The number of anilines is 2. The predicted molar refractivity (Wildman–Crippen MR) is 111 cm³/mol. The maximum atomic E-state index is 4.54. The number of hydrogen-bond acceptors (Lipinski definition) is 5. The second kappa shape index (κ2) is 9.18. The molecule has 1 aromatic heterocycles. The van der Waals surface area contributed by atoms with Gasteiger partial charge in [-0.15, -0.1) is 0 Å². The first-order valence-corrected chi connectivity index (χ1v) is 10.5. The van der Waals surface area contributed by atoms with Gasteiger partial charge in [-0.1, -0.05) is 56.0 Å². The van der Waals surface area contributed by atoms with Crippen LogP contribution in [0.3, 0.4) is 0 Å². The molecule has 0 bridgehead atoms. The molecule has 0 atom stereocenters. The van der Waals surface area contributed by atoms with Crippen LogP contribution in [0.4, 0.5) is 11.6 Å². The Morgan fingerprint density at radius 2 is 1.63 bits per heavy atom. The van der Waals surface area contributed by atoms with Gasteiger partial charge in [0.2, 0.25) is 0 Å². The zero-order valence-electron chi connectivity index (χ0n) is 16.2. The smallest absolute Gasteiger partial charge is 0.134 e. The van der Waals surface area contributed by atoms with Crippen molar-refractivity contribution in [2.24, 2.45) is 0 Å². The Morgan fingerprint density at radius 3 is 2.37 bits per heavy atom. The van der Waals surface area contributed by atoms with E-state index in [9.17, 15) is 0 Å². The number of aromatic nitrogens is 2. The van der Waals surface area contributed by atoms with Gasteiger partial charge in [-0.25, -0.2) is 9.97 Å². The van der Waals surface area contributed by atoms with E-state index >= 15 is 0 Å². The summed E-state index contributed by atoms with van der Waals surface area (Å²) in [5.41, 5.74) is 1.39. The van der Waals surface area contributed by atoms with E-state index in [0.717, 1.165) is 44.4 Å². The molecule has 27 heavy (non-hydrogen) atoms. The van der Waals surface area contributed by atoms with E-state index in [2.05, 4.69) is 61.5 Å². The molecule has 1 aliphatic carbocycles. The summed E-state index contributed by atoms with van der Waals surface area (Å²) in [5, 5.41) is 3.65.